The normalized spacial score (nSPS) is 10.2. The molecule has 0 aliphatic carbocycles. The molecule has 0 spiro atoms. The largest absolute Gasteiger partial charge is 0.311 e. The highest BCUT2D eigenvalue weighted by atomic mass is 16.1. The van der Waals surface area contributed by atoms with Crippen LogP contribution in [-0.4, -0.2) is 20.7 Å². The van der Waals surface area contributed by atoms with Crippen LogP contribution < -0.4 is 5.32 Å². The van der Waals surface area contributed by atoms with Gasteiger partial charge in [0.25, 0.3) is 0 Å². The number of amides is 1. The molecule has 0 aliphatic rings. The molecule has 1 N–H and O–H groups in total. The maximum Gasteiger partial charge on any atom is 0.225 e. The summed E-state index contributed by atoms with van der Waals surface area (Å²) in [5, 5.41) is 6.98. The highest BCUT2D eigenvalue weighted by Gasteiger charge is 2.03. The van der Waals surface area contributed by atoms with Crippen LogP contribution in [0, 0.1) is 0 Å². The van der Waals surface area contributed by atoms with Gasteiger partial charge in [-0.1, -0.05) is 6.92 Å². The van der Waals surface area contributed by atoms with Gasteiger partial charge in [0.05, 0.1) is 5.69 Å². The average molecular weight is 230 g/mol. The third kappa shape index (κ3) is 2.69. The summed E-state index contributed by atoms with van der Waals surface area (Å²) in [5.41, 5.74) is 1.80. The number of nitrogens with zero attached hydrogens (tertiary/aromatic N) is 3. The van der Waals surface area contributed by atoms with Gasteiger partial charge < -0.3 is 5.32 Å². The van der Waals surface area contributed by atoms with Crippen LogP contribution in [0.25, 0.3) is 11.3 Å². The number of hydrogen-bond donors (Lipinski definition) is 1. The van der Waals surface area contributed by atoms with Crippen LogP contribution >= 0.6 is 0 Å². The van der Waals surface area contributed by atoms with E-state index in [-0.39, 0.29) is 5.91 Å². The molecule has 5 heteroatoms. The zero-order valence-electron chi connectivity index (χ0n) is 9.84. The molecule has 2 aromatic heterocycles. The Morgan fingerprint density at radius 3 is 2.76 bits per heavy atom. The monoisotopic (exact) mass is 230 g/mol. The van der Waals surface area contributed by atoms with Crippen molar-refractivity contribution in [1.82, 2.24) is 14.8 Å². The Labute approximate surface area is 99.5 Å². The second-order valence-electron chi connectivity index (χ2n) is 3.71. The number of hydrogen-bond acceptors (Lipinski definition) is 3. The lowest BCUT2D eigenvalue weighted by molar-refractivity contribution is -0.115. The summed E-state index contributed by atoms with van der Waals surface area (Å²) in [6.07, 6.45) is 4.03. The van der Waals surface area contributed by atoms with Crippen molar-refractivity contribution in [3.8, 4) is 11.3 Å². The lowest BCUT2D eigenvalue weighted by Gasteiger charge is -2.02. The Hall–Kier alpha value is -2.17. The first kappa shape index (κ1) is 11.3. The van der Waals surface area contributed by atoms with E-state index < -0.39 is 0 Å². The average Bonchev–Trinajstić information content (AvgIpc) is 2.77. The van der Waals surface area contributed by atoms with E-state index in [9.17, 15) is 4.79 Å². The predicted molar refractivity (Wildman–Crippen MR) is 65.4 cm³/mol. The van der Waals surface area contributed by atoms with Crippen molar-refractivity contribution in [2.75, 3.05) is 5.32 Å². The predicted octanol–water partition coefficient (Wildman–Crippen LogP) is 1.83. The Kier molecular flexibility index (Phi) is 3.18. The molecule has 17 heavy (non-hydrogen) atoms. The first-order chi connectivity index (χ1) is 8.19. The zero-order chi connectivity index (χ0) is 12.3. The van der Waals surface area contributed by atoms with Crippen LogP contribution in [0.4, 0.5) is 5.82 Å². The topological polar surface area (TPSA) is 59.8 Å². The molecule has 0 saturated heterocycles. The molecule has 2 heterocycles. The molecule has 1 amide bonds. The van der Waals surface area contributed by atoms with Gasteiger partial charge in [0.15, 0.2) is 0 Å². The SMILES string of the molecule is CCC(=O)Nc1ccc(-c2ccn(C)n2)cn1. The lowest BCUT2D eigenvalue weighted by Crippen LogP contribution is -2.10. The molecule has 2 rings (SSSR count). The van der Waals surface area contributed by atoms with Crippen molar-refractivity contribution in [3.63, 3.8) is 0 Å². The van der Waals surface area contributed by atoms with Crippen molar-refractivity contribution in [2.45, 2.75) is 13.3 Å². The van der Waals surface area contributed by atoms with E-state index in [0.29, 0.717) is 12.2 Å². The Morgan fingerprint density at radius 1 is 1.41 bits per heavy atom. The standard InChI is InChI=1S/C12H14N4O/c1-3-12(17)14-11-5-4-9(8-13-11)10-6-7-16(2)15-10/h4-8H,3H2,1-2H3,(H,13,14,17). The highest BCUT2D eigenvalue weighted by Crippen LogP contribution is 2.16. The van der Waals surface area contributed by atoms with Gasteiger partial charge >= 0.3 is 0 Å². The fraction of sp³-hybridized carbons (Fsp3) is 0.250. The second-order valence-corrected chi connectivity index (χ2v) is 3.71. The third-order valence-corrected chi connectivity index (χ3v) is 2.36. The van der Waals surface area contributed by atoms with Gasteiger partial charge in [0.1, 0.15) is 5.82 Å². The lowest BCUT2D eigenvalue weighted by atomic mass is 10.2. The minimum absolute atomic E-state index is 0.0388. The van der Waals surface area contributed by atoms with Crippen molar-refractivity contribution >= 4 is 11.7 Å². The van der Waals surface area contributed by atoms with Crippen LogP contribution in [-0.2, 0) is 11.8 Å². The fourth-order valence-electron chi connectivity index (χ4n) is 1.42. The van der Waals surface area contributed by atoms with Crippen LogP contribution in [0.3, 0.4) is 0 Å². The fourth-order valence-corrected chi connectivity index (χ4v) is 1.42. The maximum atomic E-state index is 11.2. The number of nitrogens with one attached hydrogen (secondary N) is 1. The van der Waals surface area contributed by atoms with Crippen molar-refractivity contribution in [1.29, 1.82) is 0 Å². The van der Waals surface area contributed by atoms with E-state index in [1.165, 1.54) is 0 Å². The molecular formula is C12H14N4O. The van der Waals surface area contributed by atoms with Gasteiger partial charge in [-0.25, -0.2) is 4.98 Å². The van der Waals surface area contributed by atoms with E-state index in [2.05, 4.69) is 15.4 Å². The van der Waals surface area contributed by atoms with Crippen molar-refractivity contribution < 1.29 is 4.79 Å². The summed E-state index contributed by atoms with van der Waals surface area (Å²) in [6, 6.07) is 5.58. The minimum atomic E-state index is -0.0388. The molecule has 0 unspecified atom stereocenters. The number of anilines is 1. The van der Waals surface area contributed by atoms with Gasteiger partial charge in [0.2, 0.25) is 5.91 Å². The van der Waals surface area contributed by atoms with Crippen LogP contribution in [0.15, 0.2) is 30.6 Å². The molecule has 0 fully saturated rings. The number of carbonyl (C=O) groups is 1. The highest BCUT2D eigenvalue weighted by molar-refractivity contribution is 5.89. The quantitative estimate of drug-likeness (QED) is 0.875. The number of pyridine rings is 1. The molecule has 0 atom stereocenters. The Bertz CT molecular complexity index is 516. The van der Waals surface area contributed by atoms with E-state index in [1.54, 1.807) is 23.9 Å². The maximum absolute atomic E-state index is 11.2. The summed E-state index contributed by atoms with van der Waals surface area (Å²) in [6.45, 7) is 1.80. The van der Waals surface area contributed by atoms with E-state index in [1.807, 2.05) is 25.4 Å². The third-order valence-electron chi connectivity index (χ3n) is 2.36. The molecule has 5 nitrogen and oxygen atoms in total. The molecule has 0 radical (unpaired) electrons. The summed E-state index contributed by atoms with van der Waals surface area (Å²) < 4.78 is 1.74. The molecule has 0 aliphatic heterocycles. The molecular weight excluding hydrogens is 216 g/mol. The van der Waals surface area contributed by atoms with Crippen molar-refractivity contribution in [3.05, 3.63) is 30.6 Å². The number of rotatable bonds is 3. The van der Waals surface area contributed by atoms with Gasteiger partial charge in [-0.2, -0.15) is 5.10 Å². The molecule has 2 aromatic rings. The summed E-state index contributed by atoms with van der Waals surface area (Å²) >= 11 is 0. The number of carbonyl (C=O) groups excluding carboxylic acids is 1. The van der Waals surface area contributed by atoms with E-state index in [0.717, 1.165) is 11.3 Å². The van der Waals surface area contributed by atoms with Crippen LogP contribution in [0.2, 0.25) is 0 Å². The number of aryl methyl sites for hydroxylation is 1. The zero-order valence-corrected chi connectivity index (χ0v) is 9.84. The summed E-state index contributed by atoms with van der Waals surface area (Å²) in [4.78, 5) is 15.3. The van der Waals surface area contributed by atoms with Gasteiger partial charge in [-0.3, -0.25) is 9.48 Å². The van der Waals surface area contributed by atoms with Gasteiger partial charge in [-0.15, -0.1) is 0 Å². The molecule has 0 saturated carbocycles. The van der Waals surface area contributed by atoms with Crippen LogP contribution in [0.1, 0.15) is 13.3 Å². The number of aromatic nitrogens is 3. The van der Waals surface area contributed by atoms with Crippen molar-refractivity contribution in [2.24, 2.45) is 7.05 Å². The molecule has 0 bridgehead atoms. The minimum Gasteiger partial charge on any atom is -0.311 e. The summed E-state index contributed by atoms with van der Waals surface area (Å²) in [7, 11) is 1.87. The second kappa shape index (κ2) is 4.78. The molecule has 0 aromatic carbocycles. The van der Waals surface area contributed by atoms with Gasteiger partial charge in [-0.05, 0) is 18.2 Å². The summed E-state index contributed by atoms with van der Waals surface area (Å²) in [5.74, 6) is 0.527. The first-order valence-corrected chi connectivity index (χ1v) is 5.45. The van der Waals surface area contributed by atoms with Crippen LogP contribution in [0.5, 0.6) is 0 Å². The van der Waals surface area contributed by atoms with Gasteiger partial charge in [0, 0.05) is 31.4 Å². The Balaban J connectivity index is 2.15. The smallest absolute Gasteiger partial charge is 0.225 e. The Morgan fingerprint density at radius 2 is 2.24 bits per heavy atom. The van der Waals surface area contributed by atoms with E-state index >= 15 is 0 Å². The van der Waals surface area contributed by atoms with E-state index in [4.69, 9.17) is 0 Å². The molecule has 88 valence electrons. The first-order valence-electron chi connectivity index (χ1n) is 5.45.